The minimum Gasteiger partial charge on any atom is -0.341 e. The quantitative estimate of drug-likeness (QED) is 0.845. The van der Waals surface area contributed by atoms with E-state index in [1.807, 2.05) is 49.2 Å². The Morgan fingerprint density at radius 2 is 1.85 bits per heavy atom. The monoisotopic (exact) mass is 374 g/mol. The van der Waals surface area contributed by atoms with Crippen molar-refractivity contribution in [2.45, 2.75) is 19.0 Å². The molecule has 3 heterocycles. The number of rotatable bonds is 2. The molecule has 1 amide bonds. The molecule has 1 aromatic heterocycles. The van der Waals surface area contributed by atoms with E-state index in [1.54, 1.807) is 4.90 Å². The largest absolute Gasteiger partial charge is 0.341 e. The van der Waals surface area contributed by atoms with Crippen LogP contribution in [-0.4, -0.2) is 77.8 Å². The molecule has 4 rings (SSSR count). The van der Waals surface area contributed by atoms with E-state index in [4.69, 9.17) is 0 Å². The Bertz CT molecular complexity index is 939. The van der Waals surface area contributed by atoms with E-state index in [0.717, 1.165) is 5.56 Å². The normalized spacial score (nSPS) is 25.2. The summed E-state index contributed by atoms with van der Waals surface area (Å²) in [4.78, 5) is 24.6. The molecule has 0 saturated carbocycles. The molecule has 2 aliphatic heterocycles. The summed E-state index contributed by atoms with van der Waals surface area (Å²) in [6.45, 7) is 3.00. The summed E-state index contributed by atoms with van der Waals surface area (Å²) in [5.74, 6) is 0.604. The number of imidazole rings is 1. The van der Waals surface area contributed by atoms with Crippen LogP contribution in [0.15, 0.2) is 30.3 Å². The van der Waals surface area contributed by atoms with Crippen LogP contribution >= 0.6 is 0 Å². The van der Waals surface area contributed by atoms with Gasteiger partial charge in [-0.2, -0.15) is 0 Å². The summed E-state index contributed by atoms with van der Waals surface area (Å²) < 4.78 is 24.2. The van der Waals surface area contributed by atoms with Gasteiger partial charge in [-0.05, 0) is 14.0 Å². The van der Waals surface area contributed by atoms with Gasteiger partial charge in [0.2, 0.25) is 0 Å². The van der Waals surface area contributed by atoms with Gasteiger partial charge in [-0.25, -0.2) is 13.4 Å². The van der Waals surface area contributed by atoms with Crippen LogP contribution in [0.25, 0.3) is 11.4 Å². The van der Waals surface area contributed by atoms with Crippen LogP contribution in [0.5, 0.6) is 0 Å². The van der Waals surface area contributed by atoms with E-state index < -0.39 is 9.84 Å². The van der Waals surface area contributed by atoms with Gasteiger partial charge in [-0.3, -0.25) is 9.69 Å². The van der Waals surface area contributed by atoms with E-state index in [0.29, 0.717) is 30.3 Å². The summed E-state index contributed by atoms with van der Waals surface area (Å²) in [6.07, 6.45) is 0. The fourth-order valence-electron chi connectivity index (χ4n) is 3.92. The number of hydrogen-bond acceptors (Lipinski definition) is 5. The van der Waals surface area contributed by atoms with Gasteiger partial charge in [0, 0.05) is 30.4 Å². The topological polar surface area (TPSA) is 86.4 Å². The van der Waals surface area contributed by atoms with Crippen molar-refractivity contribution in [1.82, 2.24) is 19.8 Å². The number of amides is 1. The number of aryl methyl sites for hydroxylation is 1. The third kappa shape index (κ3) is 2.93. The Labute approximate surface area is 152 Å². The Balaban J connectivity index is 1.65. The van der Waals surface area contributed by atoms with Crippen molar-refractivity contribution in [3.05, 3.63) is 41.7 Å². The van der Waals surface area contributed by atoms with Gasteiger partial charge in [0.15, 0.2) is 9.84 Å². The molecule has 2 aromatic rings. The maximum absolute atomic E-state index is 13.2. The molecule has 138 valence electrons. The molecule has 2 atom stereocenters. The van der Waals surface area contributed by atoms with Crippen molar-refractivity contribution in [3.63, 3.8) is 0 Å². The lowest BCUT2D eigenvalue weighted by Gasteiger charge is -2.42. The van der Waals surface area contributed by atoms with Crippen LogP contribution in [0, 0.1) is 6.92 Å². The molecule has 8 heteroatoms. The molecule has 2 unspecified atom stereocenters. The number of sulfone groups is 1. The standard InChI is InChI=1S/C18H22N4O3S/c1-12-16(20-17(19-12)13-6-4-3-5-7-13)18(23)22-9-8-21(2)14-10-26(24,25)11-15(14)22/h3-7,14-15H,8-11H2,1-2H3,(H,19,20). The second-order valence-corrected chi connectivity index (χ2v) is 9.27. The molecule has 2 saturated heterocycles. The number of nitrogens with zero attached hydrogens (tertiary/aromatic N) is 3. The molecule has 0 aliphatic carbocycles. The number of piperazine rings is 1. The Kier molecular flexibility index (Phi) is 4.11. The number of fused-ring (bicyclic) bond motifs is 1. The minimum atomic E-state index is -3.12. The van der Waals surface area contributed by atoms with Crippen molar-refractivity contribution in [1.29, 1.82) is 0 Å². The first-order valence-corrected chi connectivity index (χ1v) is 10.5. The number of nitrogens with one attached hydrogen (secondary N) is 1. The number of carbonyl (C=O) groups excluding carboxylic acids is 1. The highest BCUT2D eigenvalue weighted by molar-refractivity contribution is 7.91. The molecule has 1 N–H and O–H groups in total. The van der Waals surface area contributed by atoms with Crippen molar-refractivity contribution < 1.29 is 13.2 Å². The van der Waals surface area contributed by atoms with E-state index in [2.05, 4.69) is 9.97 Å². The zero-order chi connectivity index (χ0) is 18.5. The molecule has 1 aromatic carbocycles. The average Bonchev–Trinajstić information content (AvgIpc) is 3.15. The van der Waals surface area contributed by atoms with Crippen LogP contribution in [0.1, 0.15) is 16.2 Å². The van der Waals surface area contributed by atoms with Gasteiger partial charge < -0.3 is 9.88 Å². The first-order chi connectivity index (χ1) is 12.4. The molecule has 26 heavy (non-hydrogen) atoms. The second-order valence-electron chi connectivity index (χ2n) is 7.12. The highest BCUT2D eigenvalue weighted by atomic mass is 32.2. The number of likely N-dealkylation sites (N-methyl/N-ethyl adjacent to an activating group) is 1. The highest BCUT2D eigenvalue weighted by Crippen LogP contribution is 2.28. The summed E-state index contributed by atoms with van der Waals surface area (Å²) in [6, 6.07) is 9.19. The number of benzene rings is 1. The van der Waals surface area contributed by atoms with Gasteiger partial charge in [-0.15, -0.1) is 0 Å². The van der Waals surface area contributed by atoms with Gasteiger partial charge in [0.05, 0.1) is 17.5 Å². The summed E-state index contributed by atoms with van der Waals surface area (Å²) >= 11 is 0. The molecular weight excluding hydrogens is 352 g/mol. The van der Waals surface area contributed by atoms with Crippen molar-refractivity contribution in [3.8, 4) is 11.4 Å². The van der Waals surface area contributed by atoms with E-state index in [-0.39, 0.29) is 29.5 Å². The molecule has 0 spiro atoms. The highest BCUT2D eigenvalue weighted by Gasteiger charge is 2.47. The maximum Gasteiger partial charge on any atom is 0.274 e. The van der Waals surface area contributed by atoms with Gasteiger partial charge in [0.25, 0.3) is 5.91 Å². The fourth-order valence-corrected chi connectivity index (χ4v) is 5.97. The first-order valence-electron chi connectivity index (χ1n) is 8.69. The van der Waals surface area contributed by atoms with Gasteiger partial charge in [-0.1, -0.05) is 30.3 Å². The Hall–Kier alpha value is -2.19. The zero-order valence-electron chi connectivity index (χ0n) is 14.8. The lowest BCUT2D eigenvalue weighted by Crippen LogP contribution is -2.59. The first kappa shape index (κ1) is 17.2. The Morgan fingerprint density at radius 1 is 1.15 bits per heavy atom. The average molecular weight is 374 g/mol. The molecular formula is C18H22N4O3S. The number of aromatic amines is 1. The van der Waals surface area contributed by atoms with Crippen LogP contribution in [0.3, 0.4) is 0 Å². The summed E-state index contributed by atoms with van der Waals surface area (Å²) in [5.41, 5.74) is 1.98. The predicted molar refractivity (Wildman–Crippen MR) is 98.7 cm³/mol. The van der Waals surface area contributed by atoms with Crippen molar-refractivity contribution >= 4 is 15.7 Å². The van der Waals surface area contributed by atoms with Crippen LogP contribution in [-0.2, 0) is 9.84 Å². The molecule has 0 radical (unpaired) electrons. The minimum absolute atomic E-state index is 0.0305. The fraction of sp³-hybridized carbons (Fsp3) is 0.444. The lowest BCUT2D eigenvalue weighted by atomic mass is 10.0. The maximum atomic E-state index is 13.2. The van der Waals surface area contributed by atoms with E-state index in [9.17, 15) is 13.2 Å². The zero-order valence-corrected chi connectivity index (χ0v) is 15.7. The third-order valence-corrected chi connectivity index (χ3v) is 7.05. The van der Waals surface area contributed by atoms with E-state index >= 15 is 0 Å². The third-order valence-electron chi connectivity index (χ3n) is 5.35. The van der Waals surface area contributed by atoms with Gasteiger partial charge >= 0.3 is 0 Å². The molecule has 2 fully saturated rings. The molecule has 0 bridgehead atoms. The lowest BCUT2D eigenvalue weighted by molar-refractivity contribution is 0.0404. The van der Waals surface area contributed by atoms with Crippen LogP contribution in [0.4, 0.5) is 0 Å². The smallest absolute Gasteiger partial charge is 0.274 e. The Morgan fingerprint density at radius 3 is 2.58 bits per heavy atom. The molecule has 7 nitrogen and oxygen atoms in total. The number of hydrogen-bond donors (Lipinski definition) is 1. The summed E-state index contributed by atoms with van der Waals surface area (Å²) in [7, 11) is -1.20. The van der Waals surface area contributed by atoms with Crippen LogP contribution < -0.4 is 0 Å². The van der Waals surface area contributed by atoms with Gasteiger partial charge in [0.1, 0.15) is 11.5 Å². The van der Waals surface area contributed by atoms with E-state index in [1.165, 1.54) is 0 Å². The van der Waals surface area contributed by atoms with Crippen LogP contribution in [0.2, 0.25) is 0 Å². The number of aromatic nitrogens is 2. The number of carbonyl (C=O) groups is 1. The number of H-pyrrole nitrogens is 1. The van der Waals surface area contributed by atoms with Crippen molar-refractivity contribution in [2.24, 2.45) is 0 Å². The SMILES string of the molecule is Cc1[nH]c(-c2ccccc2)nc1C(=O)N1CCN(C)C2CS(=O)(=O)CC21. The predicted octanol–water partition coefficient (Wildman–Crippen LogP) is 0.938. The molecule has 2 aliphatic rings. The summed E-state index contributed by atoms with van der Waals surface area (Å²) in [5, 5.41) is 0. The van der Waals surface area contributed by atoms with Crippen molar-refractivity contribution in [2.75, 3.05) is 31.6 Å². The second kappa shape index (κ2) is 6.21.